The summed E-state index contributed by atoms with van der Waals surface area (Å²) in [4.78, 5) is 12.7. The minimum Gasteiger partial charge on any atom is -0.856 e. The molecular weight excluding hydrogens is 400 g/mol. The zero-order valence-electron chi connectivity index (χ0n) is 16.6. The Morgan fingerprint density at radius 3 is 2.16 bits per heavy atom. The van der Waals surface area contributed by atoms with Crippen molar-refractivity contribution in [3.05, 3.63) is 107 Å². The minimum absolute atomic E-state index is 0.234. The van der Waals surface area contributed by atoms with Crippen LogP contribution in [0.3, 0.4) is 0 Å². The summed E-state index contributed by atoms with van der Waals surface area (Å²) in [7, 11) is 0. The maximum absolute atomic E-state index is 13.3. The molecule has 1 heterocycles. The Balaban J connectivity index is 1.69. The monoisotopic (exact) mass is 419 g/mol. The number of hydrogen-bond acceptors (Lipinski definition) is 3. The number of aryl methyl sites for hydroxylation is 1. The maximum atomic E-state index is 13.3. The van der Waals surface area contributed by atoms with Crippen LogP contribution in [0.25, 0.3) is 0 Å². The van der Waals surface area contributed by atoms with Gasteiger partial charge in [-0.3, -0.25) is 4.79 Å². The van der Waals surface area contributed by atoms with Gasteiger partial charge in [-0.05, 0) is 60.6 Å². The Hall–Kier alpha value is -3.87. The van der Waals surface area contributed by atoms with Crippen LogP contribution >= 0.6 is 0 Å². The highest BCUT2D eigenvalue weighted by Gasteiger charge is 2.41. The van der Waals surface area contributed by atoms with E-state index >= 15 is 0 Å². The SMILES string of the molecule is Cc1ccc([C@@H]2[C@H](NC(=O)c3ccc(F)cc3)C([O-])=N/[N+]2=C\c2ccc(F)cc2)cc1. The number of benzene rings is 3. The lowest BCUT2D eigenvalue weighted by Crippen LogP contribution is -2.47. The van der Waals surface area contributed by atoms with E-state index < -0.39 is 29.7 Å². The first-order chi connectivity index (χ1) is 14.9. The molecule has 1 aliphatic rings. The fourth-order valence-corrected chi connectivity index (χ4v) is 3.41. The van der Waals surface area contributed by atoms with Crippen molar-refractivity contribution in [2.45, 2.75) is 19.0 Å². The van der Waals surface area contributed by atoms with Crippen LogP contribution in [0, 0.1) is 18.6 Å². The Morgan fingerprint density at radius 1 is 0.968 bits per heavy atom. The largest absolute Gasteiger partial charge is 0.856 e. The second kappa shape index (κ2) is 8.47. The van der Waals surface area contributed by atoms with Gasteiger partial charge < -0.3 is 10.4 Å². The van der Waals surface area contributed by atoms with Crippen molar-refractivity contribution in [2.75, 3.05) is 0 Å². The molecule has 0 aliphatic carbocycles. The molecular formula is C24H19F2N3O2. The van der Waals surface area contributed by atoms with Gasteiger partial charge in [0.2, 0.25) is 12.3 Å². The molecule has 0 saturated carbocycles. The van der Waals surface area contributed by atoms with E-state index in [1.54, 1.807) is 18.3 Å². The molecule has 0 saturated heterocycles. The van der Waals surface area contributed by atoms with Crippen molar-refractivity contribution in [1.82, 2.24) is 5.32 Å². The molecule has 4 rings (SSSR count). The molecule has 0 spiro atoms. The first kappa shape index (κ1) is 20.4. The van der Waals surface area contributed by atoms with Gasteiger partial charge in [0.15, 0.2) is 0 Å². The summed E-state index contributed by atoms with van der Waals surface area (Å²) in [5, 5.41) is 19.6. The van der Waals surface area contributed by atoms with Crippen LogP contribution in [-0.2, 0) is 0 Å². The summed E-state index contributed by atoms with van der Waals surface area (Å²) in [6, 6.07) is 16.9. The van der Waals surface area contributed by atoms with E-state index in [9.17, 15) is 18.7 Å². The predicted molar refractivity (Wildman–Crippen MR) is 111 cm³/mol. The van der Waals surface area contributed by atoms with E-state index in [0.29, 0.717) is 5.56 Å². The summed E-state index contributed by atoms with van der Waals surface area (Å²) in [5.74, 6) is -1.85. The first-order valence-corrected chi connectivity index (χ1v) is 9.68. The number of rotatable bonds is 4. The summed E-state index contributed by atoms with van der Waals surface area (Å²) in [6.45, 7) is 1.95. The summed E-state index contributed by atoms with van der Waals surface area (Å²) < 4.78 is 27.9. The Labute approximate surface area is 178 Å². The van der Waals surface area contributed by atoms with E-state index in [1.807, 2.05) is 31.2 Å². The molecule has 0 radical (unpaired) electrons. The molecule has 1 N–H and O–H groups in total. The molecule has 5 nitrogen and oxygen atoms in total. The standard InChI is InChI=1S/C24H19F2N3O2/c1-15-2-6-17(7-3-15)22-21(27-23(30)18-8-12-20(26)13-9-18)24(31)28-29(22)14-16-4-10-19(25)11-5-16/h2-14,21-22H,1H3,(H-,27,28,30,31)/b29-14-/t21-,22+/m0/s1. The molecule has 0 fully saturated rings. The third kappa shape index (κ3) is 4.50. The van der Waals surface area contributed by atoms with Gasteiger partial charge in [-0.25, -0.2) is 8.78 Å². The molecule has 3 aromatic rings. The van der Waals surface area contributed by atoms with Crippen molar-refractivity contribution in [3.8, 4) is 0 Å². The normalized spacial score (nSPS) is 19.3. The van der Waals surface area contributed by atoms with Crippen LogP contribution in [-0.4, -0.2) is 28.7 Å². The molecule has 7 heteroatoms. The fraction of sp³-hybridized carbons (Fsp3) is 0.125. The highest BCUT2D eigenvalue weighted by Crippen LogP contribution is 2.27. The first-order valence-electron chi connectivity index (χ1n) is 9.68. The van der Waals surface area contributed by atoms with E-state index in [2.05, 4.69) is 10.4 Å². The van der Waals surface area contributed by atoms with E-state index in [-0.39, 0.29) is 11.4 Å². The number of nitrogens with zero attached hydrogens (tertiary/aromatic N) is 2. The lowest BCUT2D eigenvalue weighted by atomic mass is 9.98. The molecule has 3 aromatic carbocycles. The fourth-order valence-electron chi connectivity index (χ4n) is 3.41. The molecule has 31 heavy (non-hydrogen) atoms. The van der Waals surface area contributed by atoms with Crippen molar-refractivity contribution >= 4 is 18.0 Å². The molecule has 156 valence electrons. The lowest BCUT2D eigenvalue weighted by Gasteiger charge is -2.20. The smallest absolute Gasteiger partial charge is 0.252 e. The van der Waals surface area contributed by atoms with Crippen molar-refractivity contribution in [2.24, 2.45) is 5.10 Å². The van der Waals surface area contributed by atoms with E-state index in [4.69, 9.17) is 0 Å². The van der Waals surface area contributed by atoms with Gasteiger partial charge in [0.1, 0.15) is 17.7 Å². The highest BCUT2D eigenvalue weighted by atomic mass is 19.1. The van der Waals surface area contributed by atoms with Crippen LogP contribution in [0.4, 0.5) is 8.78 Å². The van der Waals surface area contributed by atoms with Gasteiger partial charge in [-0.15, -0.1) is 0 Å². The van der Waals surface area contributed by atoms with Gasteiger partial charge in [0, 0.05) is 16.7 Å². The number of amides is 1. The Morgan fingerprint density at radius 2 is 1.55 bits per heavy atom. The second-order valence-corrected chi connectivity index (χ2v) is 7.31. The van der Waals surface area contributed by atoms with Crippen LogP contribution in [0.2, 0.25) is 0 Å². The van der Waals surface area contributed by atoms with Gasteiger partial charge in [-0.1, -0.05) is 34.5 Å². The minimum atomic E-state index is -0.947. The topological polar surface area (TPSA) is 67.5 Å². The van der Waals surface area contributed by atoms with Crippen LogP contribution < -0.4 is 10.4 Å². The lowest BCUT2D eigenvalue weighted by molar-refractivity contribution is -0.565. The van der Waals surface area contributed by atoms with Crippen LogP contribution in [0.1, 0.15) is 33.1 Å². The van der Waals surface area contributed by atoms with Gasteiger partial charge in [0.25, 0.3) is 5.91 Å². The summed E-state index contributed by atoms with van der Waals surface area (Å²) in [5.41, 5.74) is 2.72. The summed E-state index contributed by atoms with van der Waals surface area (Å²) >= 11 is 0. The zero-order chi connectivity index (χ0) is 22.0. The van der Waals surface area contributed by atoms with Crippen molar-refractivity contribution in [3.63, 3.8) is 0 Å². The number of nitrogens with one attached hydrogen (secondary N) is 1. The van der Waals surface area contributed by atoms with Gasteiger partial charge in [-0.2, -0.15) is 0 Å². The molecule has 2 atom stereocenters. The predicted octanol–water partition coefficient (Wildman–Crippen LogP) is 2.93. The molecule has 1 amide bonds. The van der Waals surface area contributed by atoms with Crippen LogP contribution in [0.15, 0.2) is 77.9 Å². The number of halogens is 2. The maximum Gasteiger partial charge on any atom is 0.252 e. The van der Waals surface area contributed by atoms with Crippen molar-refractivity contribution < 1.29 is 23.4 Å². The third-order valence-electron chi connectivity index (χ3n) is 5.04. The Kier molecular flexibility index (Phi) is 5.58. The average Bonchev–Trinajstić information content (AvgIpc) is 3.05. The third-order valence-corrected chi connectivity index (χ3v) is 5.04. The molecule has 0 unspecified atom stereocenters. The van der Waals surface area contributed by atoms with Gasteiger partial charge >= 0.3 is 0 Å². The summed E-state index contributed by atoms with van der Waals surface area (Å²) in [6.07, 6.45) is 1.63. The van der Waals surface area contributed by atoms with Crippen molar-refractivity contribution in [1.29, 1.82) is 0 Å². The average molecular weight is 419 g/mol. The number of carbonyl (C=O) groups excluding carboxylic acids is 1. The molecule has 0 aromatic heterocycles. The number of hydrazone groups is 1. The number of carbonyl (C=O) groups is 1. The second-order valence-electron chi connectivity index (χ2n) is 7.31. The van der Waals surface area contributed by atoms with E-state index in [0.717, 1.165) is 11.1 Å². The molecule has 1 aliphatic heterocycles. The van der Waals surface area contributed by atoms with Crippen LogP contribution in [0.5, 0.6) is 0 Å². The van der Waals surface area contributed by atoms with Gasteiger partial charge in [0.05, 0.1) is 5.90 Å². The Bertz CT molecular complexity index is 1150. The molecule has 0 bridgehead atoms. The number of hydrogen-bond donors (Lipinski definition) is 1. The quantitative estimate of drug-likeness (QED) is 0.661. The highest BCUT2D eigenvalue weighted by molar-refractivity contribution is 5.97. The zero-order valence-corrected chi connectivity index (χ0v) is 16.6. The van der Waals surface area contributed by atoms with E-state index in [1.165, 1.54) is 41.1 Å².